The fourth-order valence-corrected chi connectivity index (χ4v) is 3.56. The first-order valence-corrected chi connectivity index (χ1v) is 7.32. The van der Waals surface area contributed by atoms with Crippen LogP contribution in [0.3, 0.4) is 0 Å². The Kier molecular flexibility index (Phi) is 3.06. The van der Waals surface area contributed by atoms with Crippen molar-refractivity contribution < 1.29 is 19.1 Å². The van der Waals surface area contributed by atoms with E-state index in [0.29, 0.717) is 6.61 Å². The molecule has 2 aliphatic heterocycles. The van der Waals surface area contributed by atoms with Gasteiger partial charge >= 0.3 is 5.97 Å². The summed E-state index contributed by atoms with van der Waals surface area (Å²) < 4.78 is 10.8. The topological polar surface area (TPSA) is 48.0 Å². The molecular weight excluding hydrogens is 282 g/mol. The molecule has 22 heavy (non-hydrogen) atoms. The van der Waals surface area contributed by atoms with Gasteiger partial charge in [0.05, 0.1) is 25.7 Å². The van der Waals surface area contributed by atoms with Crippen molar-refractivity contribution in [3.05, 3.63) is 42.0 Å². The highest BCUT2D eigenvalue weighted by Gasteiger charge is 2.50. The van der Waals surface area contributed by atoms with Crippen LogP contribution in [0.15, 0.2) is 36.4 Å². The summed E-state index contributed by atoms with van der Waals surface area (Å²) in [5.41, 5.74) is 1.09. The Balaban J connectivity index is 1.87. The summed E-state index contributed by atoms with van der Waals surface area (Å²) in [7, 11) is 3.24. The van der Waals surface area contributed by atoms with Crippen LogP contribution in [0, 0.1) is 5.92 Å². The van der Waals surface area contributed by atoms with E-state index < -0.39 is 6.10 Å². The number of carbonyl (C=O) groups excluding carboxylic acids is 1. The maximum atomic E-state index is 12.0. The summed E-state index contributed by atoms with van der Waals surface area (Å²) in [6.45, 7) is 0.445. The van der Waals surface area contributed by atoms with Gasteiger partial charge in [-0.25, -0.2) is 4.79 Å². The van der Waals surface area contributed by atoms with Crippen LogP contribution in [0.5, 0.6) is 5.75 Å². The molecule has 0 radical (unpaired) electrons. The van der Waals surface area contributed by atoms with Gasteiger partial charge in [0.1, 0.15) is 5.75 Å². The van der Waals surface area contributed by atoms with E-state index in [1.807, 2.05) is 25.2 Å². The molecule has 0 unspecified atom stereocenters. The minimum absolute atomic E-state index is 0.0149. The lowest BCUT2D eigenvalue weighted by Gasteiger charge is -2.31. The molecule has 0 bridgehead atoms. The quantitative estimate of drug-likeness (QED) is 0.756. The molecule has 0 saturated carbocycles. The van der Waals surface area contributed by atoms with Gasteiger partial charge in [-0.3, -0.25) is 4.84 Å². The van der Waals surface area contributed by atoms with Crippen LogP contribution in [0.25, 0.3) is 10.8 Å². The number of benzene rings is 2. The molecule has 1 fully saturated rings. The van der Waals surface area contributed by atoms with Crippen LogP contribution in [-0.2, 0) is 14.4 Å². The Bertz CT molecular complexity index is 745. The Morgan fingerprint density at radius 1 is 1.27 bits per heavy atom. The molecule has 5 heteroatoms. The summed E-state index contributed by atoms with van der Waals surface area (Å²) in [5, 5.41) is 4.05. The number of esters is 1. The number of hydrogen-bond donors (Lipinski definition) is 0. The summed E-state index contributed by atoms with van der Waals surface area (Å²) in [6.07, 6.45) is -0.618. The molecule has 2 aromatic carbocycles. The molecule has 1 saturated heterocycles. The molecule has 5 nitrogen and oxygen atoms in total. The molecular formula is C17H17NO4. The van der Waals surface area contributed by atoms with Gasteiger partial charge in [0.2, 0.25) is 0 Å². The normalized spacial score (nSPS) is 27.1. The molecule has 0 aromatic heterocycles. The lowest BCUT2D eigenvalue weighted by Crippen LogP contribution is -2.35. The number of fused-ring (bicyclic) bond motifs is 5. The molecule has 0 aliphatic carbocycles. The average molecular weight is 299 g/mol. The first kappa shape index (κ1) is 13.5. The van der Waals surface area contributed by atoms with Crippen molar-refractivity contribution in [1.82, 2.24) is 5.06 Å². The molecule has 2 heterocycles. The zero-order chi connectivity index (χ0) is 15.3. The summed E-state index contributed by atoms with van der Waals surface area (Å²) >= 11 is 0. The number of hydrogen-bond acceptors (Lipinski definition) is 5. The van der Waals surface area contributed by atoms with Crippen molar-refractivity contribution in [3.8, 4) is 5.75 Å². The standard InChI is InChI=1S/C17H17NO4/c1-18-15-12(16(22-18)17(19)20-2)9-21-13-8-7-10-5-3-4-6-11(10)14(13)15/h3-8,12,15-16H,9H2,1-2H3/t12-,15+,16-/m0/s1. The third-order valence-corrected chi connectivity index (χ3v) is 4.56. The SMILES string of the molecule is COC(=O)[C@H]1ON(C)[C@H]2c3c(ccc4ccccc34)OC[C@H]12. The Hall–Kier alpha value is -2.11. The van der Waals surface area contributed by atoms with Crippen LogP contribution in [-0.4, -0.2) is 37.9 Å². The molecule has 3 atom stereocenters. The smallest absolute Gasteiger partial charge is 0.337 e. The number of ether oxygens (including phenoxy) is 2. The van der Waals surface area contributed by atoms with Crippen molar-refractivity contribution in [3.63, 3.8) is 0 Å². The Morgan fingerprint density at radius 3 is 2.91 bits per heavy atom. The van der Waals surface area contributed by atoms with E-state index in [4.69, 9.17) is 14.3 Å². The van der Waals surface area contributed by atoms with Gasteiger partial charge in [-0.2, -0.15) is 5.06 Å². The van der Waals surface area contributed by atoms with E-state index in [2.05, 4.69) is 18.2 Å². The van der Waals surface area contributed by atoms with Crippen LogP contribution in [0.2, 0.25) is 0 Å². The predicted octanol–water partition coefficient (Wildman–Crippen LogP) is 2.31. The van der Waals surface area contributed by atoms with E-state index in [1.54, 1.807) is 5.06 Å². The van der Waals surface area contributed by atoms with Crippen LogP contribution in [0.1, 0.15) is 11.6 Å². The molecule has 2 aliphatic rings. The van der Waals surface area contributed by atoms with Crippen LogP contribution < -0.4 is 4.74 Å². The Morgan fingerprint density at radius 2 is 2.09 bits per heavy atom. The molecule has 114 valence electrons. The van der Waals surface area contributed by atoms with Gasteiger partial charge in [0, 0.05) is 12.6 Å². The monoisotopic (exact) mass is 299 g/mol. The van der Waals surface area contributed by atoms with Gasteiger partial charge in [0.25, 0.3) is 0 Å². The minimum Gasteiger partial charge on any atom is -0.493 e. The van der Waals surface area contributed by atoms with E-state index in [-0.39, 0.29) is 17.9 Å². The number of methoxy groups -OCH3 is 1. The molecule has 0 amide bonds. The van der Waals surface area contributed by atoms with Crippen molar-refractivity contribution in [2.24, 2.45) is 5.92 Å². The zero-order valence-corrected chi connectivity index (χ0v) is 12.5. The van der Waals surface area contributed by atoms with Gasteiger partial charge in [-0.15, -0.1) is 0 Å². The van der Waals surface area contributed by atoms with Crippen molar-refractivity contribution in [2.45, 2.75) is 12.1 Å². The number of nitrogens with zero attached hydrogens (tertiary/aromatic N) is 1. The summed E-state index contributed by atoms with van der Waals surface area (Å²) in [5.74, 6) is 0.434. The first-order chi connectivity index (χ1) is 10.7. The van der Waals surface area contributed by atoms with Gasteiger partial charge in [-0.05, 0) is 16.8 Å². The van der Waals surface area contributed by atoms with Crippen molar-refractivity contribution >= 4 is 16.7 Å². The van der Waals surface area contributed by atoms with Gasteiger partial charge < -0.3 is 9.47 Å². The van der Waals surface area contributed by atoms with E-state index in [0.717, 1.165) is 22.1 Å². The van der Waals surface area contributed by atoms with E-state index in [1.165, 1.54) is 7.11 Å². The Labute approximate surface area is 128 Å². The van der Waals surface area contributed by atoms with Crippen molar-refractivity contribution in [2.75, 3.05) is 20.8 Å². The largest absolute Gasteiger partial charge is 0.493 e. The second kappa shape index (κ2) is 4.97. The van der Waals surface area contributed by atoms with E-state index >= 15 is 0 Å². The fourth-order valence-electron chi connectivity index (χ4n) is 3.56. The minimum atomic E-state index is -0.618. The molecule has 0 spiro atoms. The number of rotatable bonds is 1. The van der Waals surface area contributed by atoms with Crippen LogP contribution in [0.4, 0.5) is 0 Å². The highest BCUT2D eigenvalue weighted by atomic mass is 16.7. The molecule has 4 rings (SSSR count). The number of hydroxylamine groups is 2. The lowest BCUT2D eigenvalue weighted by molar-refractivity contribution is -0.180. The first-order valence-electron chi connectivity index (χ1n) is 7.32. The van der Waals surface area contributed by atoms with Gasteiger partial charge in [-0.1, -0.05) is 30.3 Å². The maximum Gasteiger partial charge on any atom is 0.337 e. The van der Waals surface area contributed by atoms with Crippen molar-refractivity contribution in [1.29, 1.82) is 0 Å². The second-order valence-corrected chi connectivity index (χ2v) is 5.71. The average Bonchev–Trinajstić information content (AvgIpc) is 2.91. The third-order valence-electron chi connectivity index (χ3n) is 4.56. The lowest BCUT2D eigenvalue weighted by atomic mass is 9.85. The highest BCUT2D eigenvalue weighted by molar-refractivity contribution is 5.89. The van der Waals surface area contributed by atoms with E-state index in [9.17, 15) is 4.79 Å². The summed E-state index contributed by atoms with van der Waals surface area (Å²) in [4.78, 5) is 17.7. The fraction of sp³-hybridized carbons (Fsp3) is 0.353. The zero-order valence-electron chi connectivity index (χ0n) is 12.5. The predicted molar refractivity (Wildman–Crippen MR) is 80.3 cm³/mol. The highest BCUT2D eigenvalue weighted by Crippen LogP contribution is 2.48. The van der Waals surface area contributed by atoms with Crippen LogP contribution >= 0.6 is 0 Å². The molecule has 0 N–H and O–H groups in total. The number of carbonyl (C=O) groups is 1. The maximum absolute atomic E-state index is 12.0. The molecule has 2 aromatic rings. The summed E-state index contributed by atoms with van der Waals surface area (Å²) in [6, 6.07) is 12.2. The van der Waals surface area contributed by atoms with Gasteiger partial charge in [0.15, 0.2) is 6.10 Å². The second-order valence-electron chi connectivity index (χ2n) is 5.71. The third kappa shape index (κ3) is 1.82.